The number of rotatable bonds is 8. The quantitative estimate of drug-likeness (QED) is 0.254. The average Bonchev–Trinajstić information content (AvgIpc) is 3.24. The Labute approximate surface area is 198 Å². The molecule has 4 rings (SSSR count). The van der Waals surface area contributed by atoms with E-state index in [0.717, 1.165) is 33.2 Å². The number of thioether (sulfide) groups is 1. The first kappa shape index (κ1) is 22.4. The summed E-state index contributed by atoms with van der Waals surface area (Å²) in [6.07, 6.45) is -0.266. The molecule has 1 atom stereocenters. The second kappa shape index (κ2) is 10.2. The highest BCUT2D eigenvalue weighted by Gasteiger charge is 2.21. The minimum Gasteiger partial charge on any atom is -0.483 e. The number of para-hydroxylation sites is 1. The molecule has 0 fully saturated rings. The van der Waals surface area contributed by atoms with E-state index < -0.39 is 0 Å². The van der Waals surface area contributed by atoms with Gasteiger partial charge in [-0.15, -0.1) is 10.2 Å². The van der Waals surface area contributed by atoms with E-state index in [1.54, 1.807) is 11.8 Å². The Bertz CT molecular complexity index is 1140. The van der Waals surface area contributed by atoms with E-state index in [-0.39, 0.29) is 6.10 Å². The van der Waals surface area contributed by atoms with Gasteiger partial charge in [-0.1, -0.05) is 79.7 Å². The second-order valence-corrected chi connectivity index (χ2v) is 9.29. The molecule has 3 aromatic carbocycles. The summed E-state index contributed by atoms with van der Waals surface area (Å²) in [5.74, 6) is 2.85. The van der Waals surface area contributed by atoms with Crippen molar-refractivity contribution >= 4 is 23.4 Å². The summed E-state index contributed by atoms with van der Waals surface area (Å²) in [6, 6.07) is 26.3. The zero-order valence-corrected chi connectivity index (χ0v) is 20.0. The van der Waals surface area contributed by atoms with Gasteiger partial charge in [-0.05, 0) is 60.4 Å². The van der Waals surface area contributed by atoms with Gasteiger partial charge in [0.05, 0.1) is 0 Å². The molecule has 0 spiro atoms. The van der Waals surface area contributed by atoms with Gasteiger partial charge >= 0.3 is 0 Å². The van der Waals surface area contributed by atoms with Crippen LogP contribution in [0.2, 0.25) is 5.02 Å². The molecule has 0 aliphatic rings. The Morgan fingerprint density at radius 3 is 2.22 bits per heavy atom. The molecule has 164 valence electrons. The average molecular weight is 464 g/mol. The van der Waals surface area contributed by atoms with Crippen LogP contribution >= 0.6 is 23.4 Å². The van der Waals surface area contributed by atoms with Gasteiger partial charge in [0.1, 0.15) is 5.75 Å². The Morgan fingerprint density at radius 2 is 1.56 bits per heavy atom. The summed E-state index contributed by atoms with van der Waals surface area (Å²) >= 11 is 7.66. The van der Waals surface area contributed by atoms with Gasteiger partial charge in [-0.2, -0.15) is 0 Å². The van der Waals surface area contributed by atoms with Crippen molar-refractivity contribution in [1.29, 1.82) is 0 Å². The molecule has 1 unspecified atom stereocenters. The number of benzene rings is 3. The molecule has 0 bridgehead atoms. The molecule has 0 amide bonds. The fourth-order valence-electron chi connectivity index (χ4n) is 3.37. The lowest BCUT2D eigenvalue weighted by Crippen LogP contribution is -2.11. The zero-order chi connectivity index (χ0) is 22.5. The molecule has 0 aliphatic heterocycles. The minimum atomic E-state index is -0.266. The molecule has 4 aromatic rings. The van der Waals surface area contributed by atoms with Crippen LogP contribution in [0.25, 0.3) is 5.69 Å². The normalized spacial score (nSPS) is 12.2. The molecule has 1 aromatic heterocycles. The Kier molecular flexibility index (Phi) is 7.18. The topological polar surface area (TPSA) is 39.9 Å². The number of ether oxygens (including phenoxy) is 1. The highest BCUT2D eigenvalue weighted by Crippen LogP contribution is 2.30. The first-order chi connectivity index (χ1) is 15.5. The molecular weight excluding hydrogens is 438 g/mol. The smallest absolute Gasteiger partial charge is 0.196 e. The van der Waals surface area contributed by atoms with Crippen LogP contribution in [0.1, 0.15) is 49.7 Å². The van der Waals surface area contributed by atoms with Crippen LogP contribution in [0.3, 0.4) is 0 Å². The second-order valence-electron chi connectivity index (χ2n) is 7.91. The van der Waals surface area contributed by atoms with E-state index in [1.807, 2.05) is 61.5 Å². The maximum absolute atomic E-state index is 6.24. The summed E-state index contributed by atoms with van der Waals surface area (Å²) < 4.78 is 8.32. The number of aromatic nitrogens is 3. The minimum absolute atomic E-state index is 0.266. The Morgan fingerprint density at radius 1 is 0.875 bits per heavy atom. The number of halogens is 1. The van der Waals surface area contributed by atoms with E-state index in [0.29, 0.717) is 5.92 Å². The summed E-state index contributed by atoms with van der Waals surface area (Å²) in [4.78, 5) is 0. The summed E-state index contributed by atoms with van der Waals surface area (Å²) in [6.45, 7) is 6.38. The van der Waals surface area contributed by atoms with E-state index in [2.05, 4.69) is 52.9 Å². The van der Waals surface area contributed by atoms with E-state index >= 15 is 0 Å². The van der Waals surface area contributed by atoms with Crippen LogP contribution in [-0.2, 0) is 5.75 Å². The maximum Gasteiger partial charge on any atom is 0.196 e. The monoisotopic (exact) mass is 463 g/mol. The highest BCUT2D eigenvalue weighted by atomic mass is 35.5. The molecule has 4 nitrogen and oxygen atoms in total. The summed E-state index contributed by atoms with van der Waals surface area (Å²) in [5, 5.41) is 10.6. The first-order valence-electron chi connectivity index (χ1n) is 10.7. The van der Waals surface area contributed by atoms with Gasteiger partial charge in [-0.25, -0.2) is 0 Å². The predicted molar refractivity (Wildman–Crippen MR) is 132 cm³/mol. The van der Waals surface area contributed by atoms with Crippen molar-refractivity contribution in [3.8, 4) is 11.4 Å². The van der Waals surface area contributed by atoms with Crippen molar-refractivity contribution in [1.82, 2.24) is 14.8 Å². The van der Waals surface area contributed by atoms with Gasteiger partial charge in [0, 0.05) is 16.5 Å². The Balaban J connectivity index is 1.59. The molecule has 0 saturated carbocycles. The van der Waals surface area contributed by atoms with Crippen LogP contribution in [0, 0.1) is 0 Å². The van der Waals surface area contributed by atoms with Crippen molar-refractivity contribution in [3.05, 3.63) is 101 Å². The highest BCUT2D eigenvalue weighted by molar-refractivity contribution is 7.98. The standard InChI is InChI=1S/C26H26ClN3OS/c1-18(2)21-11-15-24(16-12-21)31-19(3)25-28-29-26(30(25)23-7-5-4-6-8-23)32-17-20-9-13-22(27)14-10-20/h4-16,18-19H,17H2,1-3H3. The van der Waals surface area contributed by atoms with Crippen LogP contribution in [0.5, 0.6) is 5.75 Å². The largest absolute Gasteiger partial charge is 0.483 e. The van der Waals surface area contributed by atoms with E-state index in [9.17, 15) is 0 Å². The van der Waals surface area contributed by atoms with Crippen molar-refractivity contribution < 1.29 is 4.74 Å². The van der Waals surface area contributed by atoms with Crippen LogP contribution < -0.4 is 4.74 Å². The molecule has 0 saturated heterocycles. The lowest BCUT2D eigenvalue weighted by Gasteiger charge is -2.17. The third kappa shape index (κ3) is 5.34. The maximum atomic E-state index is 6.24. The number of nitrogens with zero attached hydrogens (tertiary/aromatic N) is 3. The molecule has 0 aliphatic carbocycles. The van der Waals surface area contributed by atoms with Crippen LogP contribution in [0.4, 0.5) is 0 Å². The first-order valence-corrected chi connectivity index (χ1v) is 12.0. The predicted octanol–water partition coefficient (Wildman–Crippen LogP) is 7.48. The fraction of sp³-hybridized carbons (Fsp3) is 0.231. The lowest BCUT2D eigenvalue weighted by molar-refractivity contribution is 0.213. The van der Waals surface area contributed by atoms with Crippen molar-refractivity contribution in [2.75, 3.05) is 0 Å². The van der Waals surface area contributed by atoms with Gasteiger partial charge in [0.15, 0.2) is 17.1 Å². The molecule has 6 heteroatoms. The third-order valence-corrected chi connectivity index (χ3v) is 6.43. The van der Waals surface area contributed by atoms with Gasteiger partial charge in [0.2, 0.25) is 0 Å². The van der Waals surface area contributed by atoms with Crippen molar-refractivity contribution in [3.63, 3.8) is 0 Å². The summed E-state index contributed by atoms with van der Waals surface area (Å²) in [5.41, 5.74) is 3.48. The van der Waals surface area contributed by atoms with Gasteiger partial charge in [0.25, 0.3) is 0 Å². The summed E-state index contributed by atoms with van der Waals surface area (Å²) in [7, 11) is 0. The third-order valence-electron chi connectivity index (χ3n) is 5.18. The zero-order valence-electron chi connectivity index (χ0n) is 18.4. The molecule has 0 radical (unpaired) electrons. The lowest BCUT2D eigenvalue weighted by atomic mass is 10.0. The van der Waals surface area contributed by atoms with Gasteiger partial charge < -0.3 is 4.74 Å². The fourth-order valence-corrected chi connectivity index (χ4v) is 4.42. The Hall–Kier alpha value is -2.76. The molecule has 0 N–H and O–H groups in total. The van der Waals surface area contributed by atoms with Crippen LogP contribution in [-0.4, -0.2) is 14.8 Å². The van der Waals surface area contributed by atoms with Crippen molar-refractivity contribution in [2.24, 2.45) is 0 Å². The number of hydrogen-bond acceptors (Lipinski definition) is 4. The van der Waals surface area contributed by atoms with Crippen LogP contribution in [0.15, 0.2) is 84.0 Å². The molecular formula is C26H26ClN3OS. The van der Waals surface area contributed by atoms with Gasteiger partial charge in [-0.3, -0.25) is 4.57 Å². The van der Waals surface area contributed by atoms with E-state index in [1.165, 1.54) is 11.1 Å². The SMILES string of the molecule is CC(C)c1ccc(OC(C)c2nnc(SCc3ccc(Cl)cc3)n2-c2ccccc2)cc1. The molecule has 32 heavy (non-hydrogen) atoms. The number of hydrogen-bond donors (Lipinski definition) is 0. The van der Waals surface area contributed by atoms with Crippen molar-refractivity contribution in [2.45, 2.75) is 43.7 Å². The molecule has 1 heterocycles. The van der Waals surface area contributed by atoms with E-state index in [4.69, 9.17) is 16.3 Å².